The monoisotopic (exact) mass is 848 g/mol. The second-order valence-electron chi connectivity index (χ2n) is 13.1. The molecule has 0 heterocycles. The van der Waals surface area contributed by atoms with Crippen LogP contribution in [0, 0.1) is 6.92 Å². The summed E-state index contributed by atoms with van der Waals surface area (Å²) in [7, 11) is -14.4. The molecule has 296 valence electrons. The molecular weight excluding hydrogens is 813 g/mol. The molecule has 0 spiro atoms. The Morgan fingerprint density at radius 3 is 1.33 bits per heavy atom. The van der Waals surface area contributed by atoms with Crippen LogP contribution in [-0.4, -0.2) is 49.5 Å². The van der Waals surface area contributed by atoms with Gasteiger partial charge < -0.3 is 9.47 Å². The molecule has 1 N–H and O–H groups in total. The maximum atomic E-state index is 13.6. The molecule has 6 rings (SSSR count). The van der Waals surface area contributed by atoms with E-state index in [0.717, 1.165) is 28.5 Å². The third kappa shape index (κ3) is 9.84. The van der Waals surface area contributed by atoms with Crippen LogP contribution in [0.5, 0.6) is 17.2 Å². The molecule has 0 atom stereocenters. The highest BCUT2D eigenvalue weighted by Gasteiger charge is 2.32. The first kappa shape index (κ1) is 42.5. The van der Waals surface area contributed by atoms with Crippen molar-refractivity contribution in [2.24, 2.45) is 0 Å². The molecule has 6 aromatic rings. The standard InChI is InChI=1S/C41H36O9S3.O3S/c1-28-5-19-35(20-6-28)52(44,45)38-25-26-39(40(27-38)53(46,47)48)41(2,3)31-11-21-36(22-12-31)51(42,43)37-23-17-34(18-24-37)50-33-15-9-30(10-16-33)29-7-13-32(49-4)14-8-29;1-4(2)3/h5-27H,1-4H3,(H,46,47,48);. The van der Waals surface area contributed by atoms with Crippen molar-refractivity contribution >= 4 is 40.4 Å². The largest absolute Gasteiger partial charge is 0.497 e. The molecule has 0 aromatic heterocycles. The van der Waals surface area contributed by atoms with Gasteiger partial charge in [-0.05, 0) is 114 Å². The van der Waals surface area contributed by atoms with Crippen molar-refractivity contribution < 1.29 is 51.9 Å². The van der Waals surface area contributed by atoms with Crippen LogP contribution in [0.25, 0.3) is 11.1 Å². The maximum absolute atomic E-state index is 13.6. The first-order chi connectivity index (χ1) is 26.7. The lowest BCUT2D eigenvalue weighted by Gasteiger charge is -2.28. The van der Waals surface area contributed by atoms with Crippen LogP contribution < -0.4 is 9.47 Å². The summed E-state index contributed by atoms with van der Waals surface area (Å²) in [6, 6.07) is 36.9. The zero-order valence-electron chi connectivity index (χ0n) is 30.8. The number of sulfone groups is 2. The lowest BCUT2D eigenvalue weighted by atomic mass is 9.78. The predicted octanol–water partition coefficient (Wildman–Crippen LogP) is 7.70. The minimum Gasteiger partial charge on any atom is -0.497 e. The fraction of sp³-hybridized carbons (Fsp3) is 0.122. The van der Waals surface area contributed by atoms with Crippen LogP contribution in [0.15, 0.2) is 164 Å². The van der Waals surface area contributed by atoms with Crippen LogP contribution in [0.4, 0.5) is 0 Å². The molecule has 6 aromatic carbocycles. The van der Waals surface area contributed by atoms with Crippen molar-refractivity contribution in [2.75, 3.05) is 7.11 Å². The van der Waals surface area contributed by atoms with E-state index >= 15 is 0 Å². The number of methoxy groups -OCH3 is 1. The van der Waals surface area contributed by atoms with Gasteiger partial charge in [0.05, 0.1) is 31.6 Å². The fourth-order valence-corrected chi connectivity index (χ4v) is 9.42. The lowest BCUT2D eigenvalue weighted by molar-refractivity contribution is 0.415. The topological polar surface area (TPSA) is 192 Å². The number of hydrogen-bond donors (Lipinski definition) is 1. The molecule has 16 heteroatoms. The minimum absolute atomic E-state index is 0.00869. The molecule has 0 aliphatic carbocycles. The van der Waals surface area contributed by atoms with Gasteiger partial charge in [-0.2, -0.15) is 8.42 Å². The molecule has 0 amide bonds. The van der Waals surface area contributed by atoms with Gasteiger partial charge in [0.2, 0.25) is 19.7 Å². The van der Waals surface area contributed by atoms with Gasteiger partial charge in [-0.25, -0.2) is 16.8 Å². The summed E-state index contributed by atoms with van der Waals surface area (Å²) in [5.41, 5.74) is 2.42. The Morgan fingerprint density at radius 1 is 0.526 bits per heavy atom. The minimum atomic E-state index is -4.88. The van der Waals surface area contributed by atoms with Crippen LogP contribution >= 0.6 is 0 Å². The van der Waals surface area contributed by atoms with Gasteiger partial charge in [0.25, 0.3) is 10.1 Å². The number of ether oxygens (including phenoxy) is 2. The third-order valence-electron chi connectivity index (χ3n) is 9.08. The summed E-state index contributed by atoms with van der Waals surface area (Å²) in [5.74, 6) is 1.80. The number of benzene rings is 6. The maximum Gasteiger partial charge on any atom is 0.425 e. The van der Waals surface area contributed by atoms with Gasteiger partial charge in [0, 0.05) is 5.41 Å². The number of hydrogen-bond acceptors (Lipinski definition) is 11. The summed E-state index contributed by atoms with van der Waals surface area (Å²) in [6.45, 7) is 5.20. The van der Waals surface area contributed by atoms with Crippen molar-refractivity contribution in [3.05, 3.63) is 156 Å². The summed E-state index contributed by atoms with van der Waals surface area (Å²) >= 11 is 0. The van der Waals surface area contributed by atoms with E-state index in [2.05, 4.69) is 0 Å². The first-order valence-corrected chi connectivity index (χ1v) is 22.2. The zero-order chi connectivity index (χ0) is 41.8. The van der Waals surface area contributed by atoms with Gasteiger partial charge in [-0.3, -0.25) is 4.55 Å². The van der Waals surface area contributed by atoms with Gasteiger partial charge in [0.15, 0.2) is 0 Å². The number of aryl methyl sites for hydroxylation is 1. The van der Waals surface area contributed by atoms with E-state index in [0.29, 0.717) is 17.1 Å². The molecule has 0 unspecified atom stereocenters. The van der Waals surface area contributed by atoms with E-state index in [1.807, 2.05) is 55.5 Å². The molecule has 0 fully saturated rings. The highest BCUT2D eigenvalue weighted by atomic mass is 32.2. The summed E-state index contributed by atoms with van der Waals surface area (Å²) < 4.78 is 126. The van der Waals surface area contributed by atoms with Gasteiger partial charge in [-0.15, -0.1) is 12.6 Å². The summed E-state index contributed by atoms with van der Waals surface area (Å²) in [5, 5.41) is 0. The Labute approximate surface area is 333 Å². The Bertz CT molecular complexity index is 2830. The Balaban J connectivity index is 0.00000148. The summed E-state index contributed by atoms with van der Waals surface area (Å²) in [4.78, 5) is -0.830. The average molecular weight is 849 g/mol. The van der Waals surface area contributed by atoms with Crippen molar-refractivity contribution in [3.63, 3.8) is 0 Å². The van der Waals surface area contributed by atoms with Crippen molar-refractivity contribution in [2.45, 2.75) is 50.7 Å². The second kappa shape index (κ2) is 16.8. The van der Waals surface area contributed by atoms with Crippen molar-refractivity contribution in [1.29, 1.82) is 0 Å². The molecule has 0 radical (unpaired) electrons. The van der Waals surface area contributed by atoms with Crippen LogP contribution in [0.1, 0.15) is 30.5 Å². The fourth-order valence-electron chi connectivity index (χ4n) is 5.92. The Kier molecular flexibility index (Phi) is 12.5. The zero-order valence-corrected chi connectivity index (χ0v) is 34.1. The SMILES string of the molecule is COc1ccc(-c2ccc(Oc3ccc(S(=O)(=O)c4ccc(C(C)(C)c5ccc(S(=O)(=O)c6ccc(C)cc6)cc5S(=O)(=O)O)cc4)cc3)cc2)cc1.O=S(=O)=O. The molecule has 0 bridgehead atoms. The third-order valence-corrected chi connectivity index (χ3v) is 13.5. The highest BCUT2D eigenvalue weighted by molar-refractivity contribution is 7.92. The van der Waals surface area contributed by atoms with E-state index in [4.69, 9.17) is 22.1 Å². The van der Waals surface area contributed by atoms with E-state index < -0.39 is 50.7 Å². The Hall–Kier alpha value is -5.65. The van der Waals surface area contributed by atoms with Crippen LogP contribution in [-0.2, 0) is 45.8 Å². The van der Waals surface area contributed by atoms with E-state index in [1.165, 1.54) is 48.5 Å². The van der Waals surface area contributed by atoms with Crippen LogP contribution in [0.3, 0.4) is 0 Å². The van der Waals surface area contributed by atoms with Crippen LogP contribution in [0.2, 0.25) is 0 Å². The molecule has 57 heavy (non-hydrogen) atoms. The predicted molar refractivity (Wildman–Crippen MR) is 212 cm³/mol. The Morgan fingerprint density at radius 2 is 0.895 bits per heavy atom. The quantitative estimate of drug-likeness (QED) is 0.125. The van der Waals surface area contributed by atoms with Crippen molar-refractivity contribution in [3.8, 4) is 28.4 Å². The van der Waals surface area contributed by atoms with E-state index in [1.54, 1.807) is 57.4 Å². The van der Waals surface area contributed by atoms with Gasteiger partial charge >= 0.3 is 10.6 Å². The second-order valence-corrected chi connectivity index (χ2v) is 18.8. The van der Waals surface area contributed by atoms with Crippen molar-refractivity contribution in [1.82, 2.24) is 0 Å². The van der Waals surface area contributed by atoms with Gasteiger partial charge in [-0.1, -0.05) is 74.0 Å². The highest BCUT2D eigenvalue weighted by Crippen LogP contribution is 2.38. The normalized spacial score (nSPS) is 11.9. The lowest BCUT2D eigenvalue weighted by Crippen LogP contribution is -2.23. The first-order valence-electron chi connectivity index (χ1n) is 16.8. The number of rotatable bonds is 11. The average Bonchev–Trinajstić information content (AvgIpc) is 3.18. The molecule has 0 aliphatic heterocycles. The molecule has 0 saturated carbocycles. The molecule has 0 aliphatic rings. The molecule has 12 nitrogen and oxygen atoms in total. The molecule has 0 saturated heterocycles. The molecular formula is C41H36O12S4. The smallest absolute Gasteiger partial charge is 0.425 e. The van der Waals surface area contributed by atoms with E-state index in [-0.39, 0.29) is 25.1 Å². The van der Waals surface area contributed by atoms with E-state index in [9.17, 15) is 29.8 Å². The van der Waals surface area contributed by atoms with Gasteiger partial charge in [0.1, 0.15) is 17.2 Å². The summed E-state index contributed by atoms with van der Waals surface area (Å²) in [6.07, 6.45) is 0.